The lowest BCUT2D eigenvalue weighted by molar-refractivity contribution is -0.118. The normalized spacial score (nSPS) is 10.7. The van der Waals surface area contributed by atoms with E-state index in [9.17, 15) is 4.79 Å². The maximum Gasteiger partial charge on any atom is 0.262 e. The van der Waals surface area contributed by atoms with Crippen molar-refractivity contribution in [1.29, 1.82) is 0 Å². The van der Waals surface area contributed by atoms with Gasteiger partial charge in [-0.15, -0.1) is 11.3 Å². The Balaban J connectivity index is 1.33. The summed E-state index contributed by atoms with van der Waals surface area (Å²) in [5.74, 6) is 0.497. The molecule has 0 aliphatic heterocycles. The van der Waals surface area contributed by atoms with Gasteiger partial charge in [0, 0.05) is 12.1 Å². The second-order valence-electron chi connectivity index (χ2n) is 6.10. The molecular formula is C22H18N2O2S. The van der Waals surface area contributed by atoms with Crippen molar-refractivity contribution in [2.75, 3.05) is 11.9 Å². The van der Waals surface area contributed by atoms with Crippen molar-refractivity contribution in [2.24, 2.45) is 0 Å². The van der Waals surface area contributed by atoms with Gasteiger partial charge in [-0.2, -0.15) is 0 Å². The minimum atomic E-state index is -0.183. The number of carbonyl (C=O) groups excluding carboxylic acids is 1. The third kappa shape index (κ3) is 4.51. The molecule has 27 heavy (non-hydrogen) atoms. The molecule has 4 rings (SSSR count). The summed E-state index contributed by atoms with van der Waals surface area (Å²) in [5.41, 5.74) is 2.96. The Morgan fingerprint density at radius 1 is 0.926 bits per heavy atom. The number of ether oxygens (including phenoxy) is 1. The zero-order valence-electron chi connectivity index (χ0n) is 14.6. The van der Waals surface area contributed by atoms with Gasteiger partial charge < -0.3 is 10.1 Å². The summed E-state index contributed by atoms with van der Waals surface area (Å²) < 4.78 is 6.66. The van der Waals surface area contributed by atoms with E-state index < -0.39 is 0 Å². The number of anilines is 1. The highest BCUT2D eigenvalue weighted by Crippen LogP contribution is 2.24. The molecule has 0 aliphatic rings. The van der Waals surface area contributed by atoms with Gasteiger partial charge in [-0.05, 0) is 42.0 Å². The van der Waals surface area contributed by atoms with Crippen LogP contribution >= 0.6 is 11.3 Å². The number of rotatable bonds is 6. The van der Waals surface area contributed by atoms with Crippen molar-refractivity contribution < 1.29 is 9.53 Å². The largest absolute Gasteiger partial charge is 0.484 e. The highest BCUT2D eigenvalue weighted by molar-refractivity contribution is 7.18. The number of amides is 1. The fourth-order valence-electron chi connectivity index (χ4n) is 2.74. The van der Waals surface area contributed by atoms with Crippen LogP contribution in [-0.4, -0.2) is 17.5 Å². The smallest absolute Gasteiger partial charge is 0.262 e. The van der Waals surface area contributed by atoms with Crippen LogP contribution in [0.1, 0.15) is 10.6 Å². The number of nitrogens with one attached hydrogen (secondary N) is 1. The third-order valence-electron chi connectivity index (χ3n) is 4.04. The number of fused-ring (bicyclic) bond motifs is 1. The van der Waals surface area contributed by atoms with Crippen LogP contribution in [0.4, 0.5) is 5.69 Å². The lowest BCUT2D eigenvalue weighted by Gasteiger charge is -2.08. The number of benzene rings is 3. The van der Waals surface area contributed by atoms with Gasteiger partial charge in [0.1, 0.15) is 5.75 Å². The number of hydrogen-bond donors (Lipinski definition) is 1. The van der Waals surface area contributed by atoms with Crippen molar-refractivity contribution in [3.63, 3.8) is 0 Å². The first-order chi connectivity index (χ1) is 13.3. The summed E-state index contributed by atoms with van der Waals surface area (Å²) in [7, 11) is 0. The minimum absolute atomic E-state index is 0.0164. The Labute approximate surface area is 161 Å². The molecule has 0 bridgehead atoms. The van der Waals surface area contributed by atoms with E-state index in [2.05, 4.69) is 16.4 Å². The van der Waals surface area contributed by atoms with E-state index in [4.69, 9.17) is 4.74 Å². The third-order valence-corrected chi connectivity index (χ3v) is 5.08. The molecule has 134 valence electrons. The highest BCUT2D eigenvalue weighted by atomic mass is 32.1. The van der Waals surface area contributed by atoms with Gasteiger partial charge in [0.25, 0.3) is 5.91 Å². The molecule has 4 nitrogen and oxygen atoms in total. The quantitative estimate of drug-likeness (QED) is 0.522. The summed E-state index contributed by atoms with van der Waals surface area (Å²) >= 11 is 1.71. The van der Waals surface area contributed by atoms with Crippen molar-refractivity contribution >= 4 is 33.1 Å². The average molecular weight is 374 g/mol. The van der Waals surface area contributed by atoms with Crippen LogP contribution in [0, 0.1) is 0 Å². The first-order valence-electron chi connectivity index (χ1n) is 8.67. The summed E-state index contributed by atoms with van der Waals surface area (Å²) in [5, 5.41) is 3.94. The molecule has 0 radical (unpaired) electrons. The second-order valence-corrected chi connectivity index (χ2v) is 7.21. The van der Waals surface area contributed by atoms with Crippen molar-refractivity contribution in [3.05, 3.63) is 89.4 Å². The maximum absolute atomic E-state index is 12.0. The molecule has 1 aromatic heterocycles. The van der Waals surface area contributed by atoms with Gasteiger partial charge >= 0.3 is 0 Å². The van der Waals surface area contributed by atoms with Gasteiger partial charge in [0.2, 0.25) is 0 Å². The Kier molecular flexibility index (Phi) is 5.12. The topological polar surface area (TPSA) is 51.2 Å². The van der Waals surface area contributed by atoms with Gasteiger partial charge in [-0.3, -0.25) is 4.79 Å². The predicted molar refractivity (Wildman–Crippen MR) is 109 cm³/mol. The fourth-order valence-corrected chi connectivity index (χ4v) is 3.74. The molecule has 3 aromatic carbocycles. The van der Waals surface area contributed by atoms with E-state index in [1.165, 1.54) is 4.70 Å². The Morgan fingerprint density at radius 2 is 1.67 bits per heavy atom. The number of aromatic nitrogens is 1. The predicted octanol–water partition coefficient (Wildman–Crippen LogP) is 4.90. The maximum atomic E-state index is 12.0. The monoisotopic (exact) mass is 374 g/mol. The van der Waals surface area contributed by atoms with Crippen molar-refractivity contribution in [2.45, 2.75) is 6.42 Å². The Bertz CT molecular complexity index is 1010. The number of nitrogens with zero attached hydrogens (tertiary/aromatic N) is 1. The van der Waals surface area contributed by atoms with E-state index in [0.29, 0.717) is 5.75 Å². The fraction of sp³-hybridized carbons (Fsp3) is 0.0909. The molecule has 0 atom stereocenters. The molecule has 0 saturated heterocycles. The molecule has 1 amide bonds. The van der Waals surface area contributed by atoms with Crippen LogP contribution in [0.2, 0.25) is 0 Å². The lowest BCUT2D eigenvalue weighted by atomic mass is 10.1. The molecule has 0 unspecified atom stereocenters. The SMILES string of the molecule is O=C(COc1ccccc1)Nc1ccc(Cc2nc3ccccc3s2)cc1. The van der Waals surface area contributed by atoms with Crippen LogP contribution in [0.25, 0.3) is 10.2 Å². The van der Waals surface area contributed by atoms with Crippen LogP contribution < -0.4 is 10.1 Å². The van der Waals surface area contributed by atoms with Crippen LogP contribution in [-0.2, 0) is 11.2 Å². The molecule has 0 aliphatic carbocycles. The molecular weight excluding hydrogens is 356 g/mol. The zero-order chi connectivity index (χ0) is 18.5. The van der Waals surface area contributed by atoms with Gasteiger partial charge in [-0.25, -0.2) is 4.98 Å². The Hall–Kier alpha value is -3.18. The number of hydrogen-bond acceptors (Lipinski definition) is 4. The molecule has 0 fully saturated rings. The van der Waals surface area contributed by atoms with Crippen molar-refractivity contribution in [3.8, 4) is 5.75 Å². The molecule has 5 heteroatoms. The van der Waals surface area contributed by atoms with E-state index in [1.54, 1.807) is 11.3 Å². The van der Waals surface area contributed by atoms with Crippen LogP contribution in [0.5, 0.6) is 5.75 Å². The molecule has 1 heterocycles. The lowest BCUT2D eigenvalue weighted by Crippen LogP contribution is -2.20. The zero-order valence-corrected chi connectivity index (χ0v) is 15.4. The molecule has 0 spiro atoms. The van der Waals surface area contributed by atoms with E-state index >= 15 is 0 Å². The summed E-state index contributed by atoms with van der Waals surface area (Å²) in [6, 6.07) is 25.3. The molecule has 0 saturated carbocycles. The standard InChI is InChI=1S/C22H18N2O2S/c25-21(15-26-18-6-2-1-3-7-18)23-17-12-10-16(11-13-17)14-22-24-19-8-4-5-9-20(19)27-22/h1-13H,14-15H2,(H,23,25). The highest BCUT2D eigenvalue weighted by Gasteiger charge is 2.06. The second kappa shape index (κ2) is 8.01. The van der Waals surface area contributed by atoms with Gasteiger partial charge in [0.05, 0.1) is 15.2 Å². The van der Waals surface area contributed by atoms with E-state index in [0.717, 1.165) is 28.2 Å². The molecule has 1 N–H and O–H groups in total. The average Bonchev–Trinajstić information content (AvgIpc) is 3.11. The molecule has 4 aromatic rings. The van der Waals surface area contributed by atoms with Crippen molar-refractivity contribution in [1.82, 2.24) is 4.98 Å². The number of thiazole rings is 1. The summed E-state index contributed by atoms with van der Waals surface area (Å²) in [4.78, 5) is 16.7. The van der Waals surface area contributed by atoms with Crippen LogP contribution in [0.3, 0.4) is 0 Å². The van der Waals surface area contributed by atoms with E-state index in [-0.39, 0.29) is 12.5 Å². The van der Waals surface area contributed by atoms with Gasteiger partial charge in [0.15, 0.2) is 6.61 Å². The van der Waals surface area contributed by atoms with Gasteiger partial charge in [-0.1, -0.05) is 42.5 Å². The summed E-state index contributed by atoms with van der Waals surface area (Å²) in [6.07, 6.45) is 0.782. The number of para-hydroxylation sites is 2. The summed E-state index contributed by atoms with van der Waals surface area (Å²) in [6.45, 7) is -0.0164. The van der Waals surface area contributed by atoms with E-state index in [1.807, 2.05) is 72.8 Å². The first-order valence-corrected chi connectivity index (χ1v) is 9.49. The van der Waals surface area contributed by atoms with Crippen LogP contribution in [0.15, 0.2) is 78.9 Å². The minimum Gasteiger partial charge on any atom is -0.484 e. The Morgan fingerprint density at radius 3 is 2.44 bits per heavy atom. The number of carbonyl (C=O) groups is 1. The first kappa shape index (κ1) is 17.2.